The number of aliphatic hydroxyl groups excluding tert-OH is 1. The third kappa shape index (κ3) is 4.40. The number of rotatable bonds is 6. The lowest BCUT2D eigenvalue weighted by Crippen LogP contribution is -2.44. The summed E-state index contributed by atoms with van der Waals surface area (Å²) in [7, 11) is 0. The van der Waals surface area contributed by atoms with E-state index >= 15 is 0 Å². The quantitative estimate of drug-likeness (QED) is 0.840. The van der Waals surface area contributed by atoms with Gasteiger partial charge < -0.3 is 20.1 Å². The van der Waals surface area contributed by atoms with Crippen LogP contribution in [0.25, 0.3) is 0 Å². The molecule has 1 aliphatic heterocycles. The highest BCUT2D eigenvalue weighted by Gasteiger charge is 2.22. The Hall–Kier alpha value is -1.17. The summed E-state index contributed by atoms with van der Waals surface area (Å²) in [5, 5.41) is 12.5. The predicted molar refractivity (Wildman–Crippen MR) is 82.0 cm³/mol. The fraction of sp³-hybridized carbons (Fsp3) is 0.625. The summed E-state index contributed by atoms with van der Waals surface area (Å²) in [6.45, 7) is 7.49. The minimum absolute atomic E-state index is 0.00719. The van der Waals surface area contributed by atoms with Gasteiger partial charge in [0.2, 0.25) is 0 Å². The summed E-state index contributed by atoms with van der Waals surface area (Å²) < 4.78 is 19.6. The van der Waals surface area contributed by atoms with Crippen LogP contribution in [-0.4, -0.2) is 44.1 Å². The van der Waals surface area contributed by atoms with Gasteiger partial charge >= 0.3 is 0 Å². The van der Waals surface area contributed by atoms with Crippen LogP contribution in [0.1, 0.15) is 19.4 Å². The Labute approximate surface area is 125 Å². The molecule has 118 valence electrons. The van der Waals surface area contributed by atoms with Gasteiger partial charge in [0.25, 0.3) is 0 Å². The van der Waals surface area contributed by atoms with E-state index in [1.807, 2.05) is 6.07 Å². The van der Waals surface area contributed by atoms with Crippen molar-refractivity contribution in [2.75, 3.05) is 37.7 Å². The lowest BCUT2D eigenvalue weighted by atomic mass is 10.1. The molecule has 1 aromatic carbocycles. The standard InChI is InChI=1S/C16H25FN2O2/c1-12(2)8-18-9-14-15(17)4-3-5-16(14)19-6-7-21-13(10-19)11-20/h3-5,12-13,18,20H,6-11H2,1-2H3. The molecule has 21 heavy (non-hydrogen) atoms. The van der Waals surface area contributed by atoms with Crippen LogP contribution < -0.4 is 10.2 Å². The summed E-state index contributed by atoms with van der Waals surface area (Å²) in [6.07, 6.45) is -0.196. The van der Waals surface area contributed by atoms with Crippen LogP contribution in [0, 0.1) is 11.7 Å². The number of morpholine rings is 1. The van der Waals surface area contributed by atoms with Crippen molar-refractivity contribution in [2.45, 2.75) is 26.5 Å². The molecule has 1 aliphatic rings. The molecular formula is C16H25FN2O2. The third-order valence-corrected chi connectivity index (χ3v) is 3.63. The smallest absolute Gasteiger partial charge is 0.129 e. The number of anilines is 1. The van der Waals surface area contributed by atoms with Crippen molar-refractivity contribution in [3.63, 3.8) is 0 Å². The molecule has 1 unspecified atom stereocenters. The van der Waals surface area contributed by atoms with E-state index in [2.05, 4.69) is 24.1 Å². The number of hydrogen-bond acceptors (Lipinski definition) is 4. The van der Waals surface area contributed by atoms with Gasteiger partial charge in [-0.25, -0.2) is 4.39 Å². The summed E-state index contributed by atoms with van der Waals surface area (Å²) in [6, 6.07) is 5.18. The van der Waals surface area contributed by atoms with Crippen molar-refractivity contribution in [1.82, 2.24) is 5.32 Å². The average Bonchev–Trinajstić information content (AvgIpc) is 2.48. The number of ether oxygens (including phenoxy) is 1. The molecular weight excluding hydrogens is 271 g/mol. The van der Waals surface area contributed by atoms with E-state index < -0.39 is 0 Å². The second-order valence-corrected chi connectivity index (χ2v) is 5.88. The molecule has 0 bridgehead atoms. The SMILES string of the molecule is CC(C)CNCc1c(F)cccc1N1CCOC(CO)C1. The monoisotopic (exact) mass is 296 g/mol. The highest BCUT2D eigenvalue weighted by atomic mass is 19.1. The second kappa shape index (κ2) is 7.73. The van der Waals surface area contributed by atoms with Crippen LogP contribution in [0.4, 0.5) is 10.1 Å². The molecule has 2 N–H and O–H groups in total. The van der Waals surface area contributed by atoms with Crippen molar-refractivity contribution < 1.29 is 14.2 Å². The Morgan fingerprint density at radius 1 is 1.48 bits per heavy atom. The fourth-order valence-electron chi connectivity index (χ4n) is 2.55. The maximum Gasteiger partial charge on any atom is 0.129 e. The van der Waals surface area contributed by atoms with Gasteiger partial charge in [-0.3, -0.25) is 0 Å². The van der Waals surface area contributed by atoms with E-state index in [0.717, 1.165) is 18.8 Å². The zero-order valence-corrected chi connectivity index (χ0v) is 12.8. The minimum atomic E-state index is -0.196. The Morgan fingerprint density at radius 3 is 3.00 bits per heavy atom. The second-order valence-electron chi connectivity index (χ2n) is 5.88. The fourth-order valence-corrected chi connectivity index (χ4v) is 2.55. The maximum atomic E-state index is 14.2. The summed E-state index contributed by atoms with van der Waals surface area (Å²) in [5.74, 6) is 0.346. The number of nitrogens with zero attached hydrogens (tertiary/aromatic N) is 1. The van der Waals surface area contributed by atoms with Crippen LogP contribution in [0.2, 0.25) is 0 Å². The topological polar surface area (TPSA) is 44.7 Å². The normalized spacial score (nSPS) is 19.3. The van der Waals surface area contributed by atoms with Gasteiger partial charge in [-0.2, -0.15) is 0 Å². The molecule has 0 aliphatic carbocycles. The van der Waals surface area contributed by atoms with Crippen molar-refractivity contribution >= 4 is 5.69 Å². The summed E-state index contributed by atoms with van der Waals surface area (Å²) >= 11 is 0. The van der Waals surface area contributed by atoms with E-state index in [0.29, 0.717) is 31.2 Å². The van der Waals surface area contributed by atoms with Crippen molar-refractivity contribution in [2.24, 2.45) is 5.92 Å². The van der Waals surface area contributed by atoms with Crippen LogP contribution >= 0.6 is 0 Å². The summed E-state index contributed by atoms with van der Waals surface area (Å²) in [5.41, 5.74) is 1.59. The Morgan fingerprint density at radius 2 is 2.29 bits per heavy atom. The molecule has 1 fully saturated rings. The van der Waals surface area contributed by atoms with Gasteiger partial charge in [0, 0.05) is 30.9 Å². The Balaban J connectivity index is 2.12. The van der Waals surface area contributed by atoms with E-state index in [9.17, 15) is 9.50 Å². The maximum absolute atomic E-state index is 14.2. The molecule has 1 heterocycles. The van der Waals surface area contributed by atoms with Crippen LogP contribution in [0.3, 0.4) is 0 Å². The first kappa shape index (κ1) is 16.2. The molecule has 0 spiro atoms. The first-order valence-corrected chi connectivity index (χ1v) is 7.57. The lowest BCUT2D eigenvalue weighted by molar-refractivity contribution is 0.00351. The average molecular weight is 296 g/mol. The number of benzene rings is 1. The van der Waals surface area contributed by atoms with E-state index in [-0.39, 0.29) is 18.5 Å². The summed E-state index contributed by atoms with van der Waals surface area (Å²) in [4.78, 5) is 2.10. The first-order chi connectivity index (χ1) is 10.1. The van der Waals surface area contributed by atoms with Crippen molar-refractivity contribution in [1.29, 1.82) is 0 Å². The van der Waals surface area contributed by atoms with Crippen molar-refractivity contribution in [3.05, 3.63) is 29.6 Å². The zero-order chi connectivity index (χ0) is 15.2. The highest BCUT2D eigenvalue weighted by molar-refractivity contribution is 5.54. The van der Waals surface area contributed by atoms with E-state index in [1.54, 1.807) is 6.07 Å². The number of hydrogen-bond donors (Lipinski definition) is 2. The molecule has 5 heteroatoms. The highest BCUT2D eigenvalue weighted by Crippen LogP contribution is 2.25. The van der Waals surface area contributed by atoms with E-state index in [4.69, 9.17) is 4.74 Å². The molecule has 1 atom stereocenters. The molecule has 1 aromatic rings. The van der Waals surface area contributed by atoms with E-state index in [1.165, 1.54) is 6.07 Å². The molecule has 2 rings (SSSR count). The largest absolute Gasteiger partial charge is 0.394 e. The van der Waals surface area contributed by atoms with Gasteiger partial charge in [0.05, 0.1) is 19.3 Å². The molecule has 0 radical (unpaired) electrons. The lowest BCUT2D eigenvalue weighted by Gasteiger charge is -2.35. The van der Waals surface area contributed by atoms with Gasteiger partial charge in [0.15, 0.2) is 0 Å². The Bertz CT molecular complexity index is 454. The molecule has 0 amide bonds. The molecule has 0 saturated carbocycles. The molecule has 1 saturated heterocycles. The van der Waals surface area contributed by atoms with Gasteiger partial charge in [-0.05, 0) is 24.6 Å². The Kier molecular flexibility index (Phi) is 5.96. The van der Waals surface area contributed by atoms with Crippen molar-refractivity contribution in [3.8, 4) is 0 Å². The van der Waals surface area contributed by atoms with Gasteiger partial charge in [0.1, 0.15) is 5.82 Å². The van der Waals surface area contributed by atoms with Crippen LogP contribution in [0.5, 0.6) is 0 Å². The van der Waals surface area contributed by atoms with Crippen LogP contribution in [0.15, 0.2) is 18.2 Å². The third-order valence-electron chi connectivity index (χ3n) is 3.63. The van der Waals surface area contributed by atoms with Crippen LogP contribution in [-0.2, 0) is 11.3 Å². The predicted octanol–water partition coefficient (Wildman–Crippen LogP) is 1.77. The van der Waals surface area contributed by atoms with Gasteiger partial charge in [-0.1, -0.05) is 19.9 Å². The minimum Gasteiger partial charge on any atom is -0.394 e. The zero-order valence-electron chi connectivity index (χ0n) is 12.8. The molecule has 0 aromatic heterocycles. The van der Waals surface area contributed by atoms with Gasteiger partial charge in [-0.15, -0.1) is 0 Å². The number of aliphatic hydroxyl groups is 1. The number of halogens is 1. The first-order valence-electron chi connectivity index (χ1n) is 7.57. The number of nitrogens with one attached hydrogen (secondary N) is 1. The molecule has 4 nitrogen and oxygen atoms in total.